The van der Waals surface area contributed by atoms with Crippen molar-refractivity contribution in [1.29, 1.82) is 5.26 Å². The lowest BCUT2D eigenvalue weighted by Gasteiger charge is -2.08. The van der Waals surface area contributed by atoms with Gasteiger partial charge in [0.2, 0.25) is 0 Å². The number of rotatable bonds is 6. The highest BCUT2D eigenvalue weighted by molar-refractivity contribution is 9.10. The van der Waals surface area contributed by atoms with Crippen molar-refractivity contribution in [2.24, 2.45) is 0 Å². The third-order valence-electron chi connectivity index (χ3n) is 4.22. The molecule has 3 aromatic carbocycles. The molecule has 144 valence electrons. The number of nitriles is 1. The molecule has 0 bridgehead atoms. The number of aryl methyl sites for hydroxylation is 1. The Morgan fingerprint density at radius 3 is 2.41 bits per heavy atom. The van der Waals surface area contributed by atoms with Crippen molar-refractivity contribution in [3.63, 3.8) is 0 Å². The van der Waals surface area contributed by atoms with Crippen LogP contribution in [0.1, 0.15) is 16.7 Å². The van der Waals surface area contributed by atoms with Crippen molar-refractivity contribution in [2.45, 2.75) is 13.5 Å². The Bertz CT molecular complexity index is 1070. The molecule has 0 unspecified atom stereocenters. The predicted octanol–water partition coefficient (Wildman–Crippen LogP) is 5.88. The lowest BCUT2D eigenvalue weighted by Crippen LogP contribution is -2.13. The monoisotopic (exact) mass is 446 g/mol. The number of carbonyl (C=O) groups excluding carboxylic acids is 1. The molecule has 4 nitrogen and oxygen atoms in total. The zero-order valence-corrected chi connectivity index (χ0v) is 17.4. The van der Waals surface area contributed by atoms with Crippen molar-refractivity contribution in [2.75, 3.05) is 5.32 Å². The molecule has 0 saturated heterocycles. The fraction of sp³-hybridized carbons (Fsp3) is 0.0833. The van der Waals surface area contributed by atoms with Gasteiger partial charge in [0.25, 0.3) is 5.91 Å². The van der Waals surface area contributed by atoms with Gasteiger partial charge in [-0.05, 0) is 48.9 Å². The van der Waals surface area contributed by atoms with Crippen LogP contribution in [0.25, 0.3) is 6.08 Å². The number of anilines is 1. The zero-order valence-electron chi connectivity index (χ0n) is 15.9. The summed E-state index contributed by atoms with van der Waals surface area (Å²) in [6.07, 6.45) is 1.56. The maximum Gasteiger partial charge on any atom is 0.266 e. The standard InChI is InChI=1S/C24H19BrN2O2/c1-17-6-10-21(11-7-17)27-24(28)20(15-26)14-18-8-12-22(13-9-18)29-16-19-4-2-3-5-23(19)25/h2-14H,16H2,1H3,(H,27,28)/b20-14+. The average molecular weight is 447 g/mol. The van der Waals surface area contributed by atoms with Crippen molar-refractivity contribution in [1.82, 2.24) is 0 Å². The molecular weight excluding hydrogens is 428 g/mol. The van der Waals surface area contributed by atoms with Crippen molar-refractivity contribution in [3.8, 4) is 11.8 Å². The van der Waals surface area contributed by atoms with E-state index in [-0.39, 0.29) is 5.57 Å². The second-order valence-corrected chi connectivity index (χ2v) is 7.29. The van der Waals surface area contributed by atoms with Gasteiger partial charge in [0, 0.05) is 15.7 Å². The molecule has 0 heterocycles. The average Bonchev–Trinajstić information content (AvgIpc) is 2.74. The van der Waals surface area contributed by atoms with Crippen LogP contribution >= 0.6 is 15.9 Å². The van der Waals surface area contributed by atoms with Crippen molar-refractivity contribution in [3.05, 3.63) is 99.5 Å². The van der Waals surface area contributed by atoms with Crippen LogP contribution in [-0.4, -0.2) is 5.91 Å². The van der Waals surface area contributed by atoms with E-state index in [4.69, 9.17) is 4.74 Å². The SMILES string of the molecule is Cc1ccc(NC(=O)/C(C#N)=C/c2ccc(OCc3ccccc3Br)cc2)cc1. The first-order valence-electron chi connectivity index (χ1n) is 9.01. The highest BCUT2D eigenvalue weighted by Gasteiger charge is 2.09. The number of ether oxygens (including phenoxy) is 1. The number of hydrogen-bond acceptors (Lipinski definition) is 3. The number of hydrogen-bond donors (Lipinski definition) is 1. The normalized spacial score (nSPS) is 10.9. The number of nitrogens with zero attached hydrogens (tertiary/aromatic N) is 1. The van der Waals surface area contributed by atoms with Crippen LogP contribution in [0.5, 0.6) is 5.75 Å². The lowest BCUT2D eigenvalue weighted by atomic mass is 10.1. The van der Waals surface area contributed by atoms with Gasteiger partial charge in [0.15, 0.2) is 0 Å². The van der Waals surface area contributed by atoms with Crippen LogP contribution in [-0.2, 0) is 11.4 Å². The van der Waals surface area contributed by atoms with Gasteiger partial charge in [-0.15, -0.1) is 0 Å². The fourth-order valence-electron chi connectivity index (χ4n) is 2.59. The summed E-state index contributed by atoms with van der Waals surface area (Å²) in [6.45, 7) is 2.41. The van der Waals surface area contributed by atoms with E-state index in [0.29, 0.717) is 18.0 Å². The summed E-state index contributed by atoms with van der Waals surface area (Å²) >= 11 is 3.50. The molecule has 0 aliphatic rings. The topological polar surface area (TPSA) is 62.1 Å². The minimum atomic E-state index is -0.439. The Balaban J connectivity index is 1.65. The van der Waals surface area contributed by atoms with E-state index < -0.39 is 5.91 Å². The van der Waals surface area contributed by atoms with Crippen LogP contribution in [0.3, 0.4) is 0 Å². The number of benzene rings is 3. The van der Waals surface area contributed by atoms with Gasteiger partial charge in [0.1, 0.15) is 24.0 Å². The molecule has 0 atom stereocenters. The third-order valence-corrected chi connectivity index (χ3v) is 4.99. The maximum absolute atomic E-state index is 12.4. The first-order chi connectivity index (χ1) is 14.0. The van der Waals surface area contributed by atoms with E-state index in [2.05, 4.69) is 21.2 Å². The Labute approximate surface area is 178 Å². The fourth-order valence-corrected chi connectivity index (χ4v) is 2.99. The van der Waals surface area contributed by atoms with Crippen LogP contribution in [0.2, 0.25) is 0 Å². The molecule has 0 radical (unpaired) electrons. The molecular formula is C24H19BrN2O2. The summed E-state index contributed by atoms with van der Waals surface area (Å²) in [5.74, 6) is 0.270. The van der Waals surface area contributed by atoms with Gasteiger partial charge in [0.05, 0.1) is 0 Å². The van der Waals surface area contributed by atoms with E-state index >= 15 is 0 Å². The maximum atomic E-state index is 12.4. The molecule has 3 aromatic rings. The first kappa shape index (κ1) is 20.4. The van der Waals surface area contributed by atoms with E-state index in [9.17, 15) is 10.1 Å². The van der Waals surface area contributed by atoms with Gasteiger partial charge in [-0.3, -0.25) is 4.79 Å². The number of nitrogens with one attached hydrogen (secondary N) is 1. The summed E-state index contributed by atoms with van der Waals surface area (Å²) in [4.78, 5) is 12.4. The van der Waals surface area contributed by atoms with Crippen LogP contribution in [0.15, 0.2) is 82.8 Å². The van der Waals surface area contributed by atoms with Crippen LogP contribution in [0.4, 0.5) is 5.69 Å². The highest BCUT2D eigenvalue weighted by Crippen LogP contribution is 2.20. The summed E-state index contributed by atoms with van der Waals surface area (Å²) in [7, 11) is 0. The molecule has 0 aliphatic carbocycles. The number of halogens is 1. The quantitative estimate of drug-likeness (QED) is 0.379. The largest absolute Gasteiger partial charge is 0.489 e. The van der Waals surface area contributed by atoms with Crippen LogP contribution < -0.4 is 10.1 Å². The second kappa shape index (κ2) is 9.72. The van der Waals surface area contributed by atoms with Gasteiger partial charge >= 0.3 is 0 Å². The van der Waals surface area contributed by atoms with E-state index in [1.807, 2.05) is 73.7 Å². The van der Waals surface area contributed by atoms with Crippen molar-refractivity contribution < 1.29 is 9.53 Å². The van der Waals surface area contributed by atoms with Crippen LogP contribution in [0, 0.1) is 18.3 Å². The lowest BCUT2D eigenvalue weighted by molar-refractivity contribution is -0.112. The summed E-state index contributed by atoms with van der Waals surface area (Å²) in [6, 6.07) is 24.5. The Morgan fingerprint density at radius 2 is 1.76 bits per heavy atom. The van der Waals surface area contributed by atoms with Crippen molar-refractivity contribution >= 4 is 33.6 Å². The van der Waals surface area contributed by atoms with E-state index in [1.165, 1.54) is 0 Å². The Kier molecular flexibility index (Phi) is 6.83. The second-order valence-electron chi connectivity index (χ2n) is 6.44. The summed E-state index contributed by atoms with van der Waals surface area (Å²) < 4.78 is 6.80. The number of amides is 1. The van der Waals surface area contributed by atoms with Gasteiger partial charge in [-0.25, -0.2) is 0 Å². The summed E-state index contributed by atoms with van der Waals surface area (Å²) in [5, 5.41) is 12.1. The third kappa shape index (κ3) is 5.81. The molecule has 0 fully saturated rings. The molecule has 1 amide bonds. The highest BCUT2D eigenvalue weighted by atomic mass is 79.9. The Morgan fingerprint density at radius 1 is 1.07 bits per heavy atom. The van der Waals surface area contributed by atoms with Gasteiger partial charge in [-0.2, -0.15) is 5.26 Å². The van der Waals surface area contributed by atoms with Gasteiger partial charge in [-0.1, -0.05) is 64.0 Å². The molecule has 3 rings (SSSR count). The molecule has 0 spiro atoms. The Hall–Kier alpha value is -3.36. The predicted molar refractivity (Wildman–Crippen MR) is 118 cm³/mol. The van der Waals surface area contributed by atoms with Gasteiger partial charge < -0.3 is 10.1 Å². The molecule has 5 heteroatoms. The number of carbonyl (C=O) groups is 1. The zero-order chi connectivity index (χ0) is 20.6. The summed E-state index contributed by atoms with van der Waals surface area (Å²) in [5.41, 5.74) is 3.58. The minimum Gasteiger partial charge on any atom is -0.489 e. The molecule has 29 heavy (non-hydrogen) atoms. The molecule has 0 aliphatic heterocycles. The molecule has 0 saturated carbocycles. The van der Waals surface area contributed by atoms with E-state index in [1.54, 1.807) is 18.2 Å². The van der Waals surface area contributed by atoms with E-state index in [0.717, 1.165) is 21.2 Å². The molecule has 1 N–H and O–H groups in total. The first-order valence-corrected chi connectivity index (χ1v) is 9.80. The molecule has 0 aromatic heterocycles. The smallest absolute Gasteiger partial charge is 0.266 e. The minimum absolute atomic E-state index is 0.0347.